The molecule has 5 rings (SSSR count). The Kier molecular flexibility index (Phi) is 6.36. The molecule has 0 bridgehead atoms. The van der Waals surface area contributed by atoms with Crippen molar-refractivity contribution in [3.05, 3.63) is 45.2 Å². The first-order valence-electron chi connectivity index (χ1n) is 10.7. The zero-order valence-corrected chi connectivity index (χ0v) is 19.7. The highest BCUT2D eigenvalue weighted by Crippen LogP contribution is 2.35. The standard InChI is InChI=1S/C20H20N10O5S/c1-28(19-21-7-11(8-22-19)18(31)27-32)10-12-6-13-15(36-12)17(29-2-4-35-5-3-29)26-16(24-13)14-9-23-20(25-14)30(33)34/h6-9,32H,2-5,10H2,1H3,(H,23,25)(H,27,31). The Hall–Kier alpha value is -4.28. The van der Waals surface area contributed by atoms with Gasteiger partial charge in [-0.3, -0.25) is 10.0 Å². The lowest BCUT2D eigenvalue weighted by Gasteiger charge is -2.28. The number of morpholine rings is 1. The Morgan fingerprint density at radius 3 is 2.72 bits per heavy atom. The fourth-order valence-electron chi connectivity index (χ4n) is 3.67. The van der Waals surface area contributed by atoms with Gasteiger partial charge < -0.3 is 24.7 Å². The summed E-state index contributed by atoms with van der Waals surface area (Å²) in [6.45, 7) is 2.90. The monoisotopic (exact) mass is 512 g/mol. The molecular weight excluding hydrogens is 492 g/mol. The molecule has 1 amide bonds. The fourth-order valence-corrected chi connectivity index (χ4v) is 4.84. The molecule has 3 N–H and O–H groups in total. The predicted molar refractivity (Wildman–Crippen MR) is 128 cm³/mol. The van der Waals surface area contributed by atoms with Crippen molar-refractivity contribution in [2.24, 2.45) is 0 Å². The zero-order chi connectivity index (χ0) is 25.2. The number of imidazole rings is 1. The summed E-state index contributed by atoms with van der Waals surface area (Å²) in [6.07, 6.45) is 4.07. The highest BCUT2D eigenvalue weighted by molar-refractivity contribution is 7.19. The molecule has 36 heavy (non-hydrogen) atoms. The minimum absolute atomic E-state index is 0.132. The number of rotatable bonds is 7. The summed E-state index contributed by atoms with van der Waals surface area (Å²) in [4.78, 5) is 51.1. The number of aromatic amines is 1. The average molecular weight is 513 g/mol. The maximum atomic E-state index is 11.5. The van der Waals surface area contributed by atoms with E-state index >= 15 is 0 Å². The number of aromatic nitrogens is 6. The average Bonchev–Trinajstić information content (AvgIpc) is 3.55. The van der Waals surface area contributed by atoms with Crippen molar-refractivity contribution in [1.82, 2.24) is 35.4 Å². The van der Waals surface area contributed by atoms with E-state index in [1.165, 1.54) is 29.9 Å². The van der Waals surface area contributed by atoms with Crippen LogP contribution in [0.5, 0.6) is 0 Å². The van der Waals surface area contributed by atoms with Gasteiger partial charge in [0.2, 0.25) is 17.5 Å². The molecule has 1 fully saturated rings. The number of ether oxygens (including phenoxy) is 1. The van der Waals surface area contributed by atoms with Gasteiger partial charge in [-0.2, -0.15) is 0 Å². The molecule has 0 aliphatic carbocycles. The number of nitro groups is 1. The lowest BCUT2D eigenvalue weighted by atomic mass is 10.3. The predicted octanol–water partition coefficient (Wildman–Crippen LogP) is 1.37. The molecule has 15 nitrogen and oxygen atoms in total. The van der Waals surface area contributed by atoms with Gasteiger partial charge in [-0.25, -0.2) is 30.4 Å². The normalized spacial score (nSPS) is 13.7. The van der Waals surface area contributed by atoms with E-state index in [0.29, 0.717) is 44.3 Å². The molecule has 1 aliphatic heterocycles. The van der Waals surface area contributed by atoms with Crippen LogP contribution in [0.1, 0.15) is 15.2 Å². The van der Waals surface area contributed by atoms with Crippen LogP contribution in [0, 0.1) is 10.1 Å². The molecule has 16 heteroatoms. The van der Waals surface area contributed by atoms with Crippen LogP contribution in [0.25, 0.3) is 21.7 Å². The van der Waals surface area contributed by atoms with E-state index in [-0.39, 0.29) is 23.0 Å². The van der Waals surface area contributed by atoms with Gasteiger partial charge in [0.1, 0.15) is 6.20 Å². The van der Waals surface area contributed by atoms with Crippen LogP contribution in [-0.4, -0.2) is 79.3 Å². The maximum absolute atomic E-state index is 11.5. The molecule has 1 saturated heterocycles. The van der Waals surface area contributed by atoms with Crippen LogP contribution in [0.3, 0.4) is 0 Å². The fraction of sp³-hybridized carbons (Fsp3) is 0.300. The molecule has 0 saturated carbocycles. The van der Waals surface area contributed by atoms with Crippen LogP contribution < -0.4 is 15.3 Å². The van der Waals surface area contributed by atoms with Crippen LogP contribution in [0.2, 0.25) is 0 Å². The molecule has 4 aromatic heterocycles. The van der Waals surface area contributed by atoms with Crippen LogP contribution in [-0.2, 0) is 11.3 Å². The third kappa shape index (κ3) is 4.64. The Balaban J connectivity index is 1.48. The second kappa shape index (κ2) is 9.76. The third-order valence-electron chi connectivity index (χ3n) is 5.42. The molecule has 0 aromatic carbocycles. The van der Waals surface area contributed by atoms with E-state index in [9.17, 15) is 14.9 Å². The van der Waals surface area contributed by atoms with Crippen LogP contribution >= 0.6 is 11.3 Å². The molecule has 4 aromatic rings. The van der Waals surface area contributed by atoms with Crippen LogP contribution in [0.15, 0.2) is 24.7 Å². The highest BCUT2D eigenvalue weighted by Gasteiger charge is 2.23. The minimum Gasteiger partial charge on any atom is -0.390 e. The summed E-state index contributed by atoms with van der Waals surface area (Å²) in [5, 5.41) is 19.8. The number of anilines is 2. The first-order valence-corrected chi connectivity index (χ1v) is 11.6. The lowest BCUT2D eigenvalue weighted by Crippen LogP contribution is -2.36. The molecule has 1 aliphatic rings. The second-order valence-electron chi connectivity index (χ2n) is 7.83. The first-order chi connectivity index (χ1) is 17.4. The number of carbonyl (C=O) groups excluding carboxylic acids is 1. The quantitative estimate of drug-likeness (QED) is 0.183. The Morgan fingerprint density at radius 2 is 2.06 bits per heavy atom. The number of nitrogens with zero attached hydrogens (tertiary/aromatic N) is 8. The van der Waals surface area contributed by atoms with E-state index in [1.807, 2.05) is 18.0 Å². The van der Waals surface area contributed by atoms with E-state index in [2.05, 4.69) is 29.8 Å². The SMILES string of the molecule is CN(Cc1cc2nc(-c3c[nH]c([N+](=O)[O-])n3)nc(N3CCOCC3)c2s1)c1ncc(C(=O)NO)cn1. The van der Waals surface area contributed by atoms with Crippen molar-refractivity contribution in [3.63, 3.8) is 0 Å². The van der Waals surface area contributed by atoms with Crippen molar-refractivity contribution in [1.29, 1.82) is 0 Å². The van der Waals surface area contributed by atoms with Crippen molar-refractivity contribution in [2.45, 2.75) is 6.54 Å². The number of nitrogens with one attached hydrogen (secondary N) is 2. The summed E-state index contributed by atoms with van der Waals surface area (Å²) in [5.74, 6) is 0.328. The summed E-state index contributed by atoms with van der Waals surface area (Å²) < 4.78 is 6.36. The van der Waals surface area contributed by atoms with Gasteiger partial charge in [-0.15, -0.1) is 11.3 Å². The summed E-state index contributed by atoms with van der Waals surface area (Å²) in [5.41, 5.74) is 2.65. The number of fused-ring (bicyclic) bond motifs is 1. The smallest absolute Gasteiger partial charge is 0.390 e. The van der Waals surface area contributed by atoms with Crippen molar-refractivity contribution >= 4 is 45.2 Å². The molecule has 0 atom stereocenters. The van der Waals surface area contributed by atoms with Gasteiger partial charge in [0.15, 0.2) is 5.82 Å². The van der Waals surface area contributed by atoms with Crippen LogP contribution in [0.4, 0.5) is 17.7 Å². The maximum Gasteiger partial charge on any atom is 0.432 e. The minimum atomic E-state index is -0.694. The van der Waals surface area contributed by atoms with Gasteiger partial charge in [0.05, 0.1) is 35.5 Å². The third-order valence-corrected chi connectivity index (χ3v) is 6.52. The molecule has 186 valence electrons. The van der Waals surface area contributed by atoms with Crippen molar-refractivity contribution in [2.75, 3.05) is 43.2 Å². The number of amides is 1. The van der Waals surface area contributed by atoms with Crippen molar-refractivity contribution in [3.8, 4) is 11.5 Å². The zero-order valence-electron chi connectivity index (χ0n) is 18.9. The van der Waals surface area contributed by atoms with Gasteiger partial charge in [0.25, 0.3) is 5.91 Å². The number of carbonyl (C=O) groups is 1. The lowest BCUT2D eigenvalue weighted by molar-refractivity contribution is -0.393. The first kappa shape index (κ1) is 23.5. The summed E-state index contributed by atoms with van der Waals surface area (Å²) >= 11 is 1.53. The largest absolute Gasteiger partial charge is 0.432 e. The van der Waals surface area contributed by atoms with E-state index < -0.39 is 10.8 Å². The Bertz CT molecular complexity index is 1420. The van der Waals surface area contributed by atoms with Gasteiger partial charge in [0, 0.05) is 37.4 Å². The highest BCUT2D eigenvalue weighted by atomic mass is 32.1. The summed E-state index contributed by atoms with van der Waals surface area (Å²) in [6, 6.07) is 1.93. The topological polar surface area (TPSA) is 188 Å². The Labute approximate surface area is 206 Å². The van der Waals surface area contributed by atoms with E-state index in [0.717, 1.165) is 15.4 Å². The second-order valence-corrected chi connectivity index (χ2v) is 8.97. The van der Waals surface area contributed by atoms with E-state index in [1.54, 1.807) is 5.48 Å². The molecule has 0 unspecified atom stereocenters. The number of hydrogen-bond acceptors (Lipinski definition) is 13. The van der Waals surface area contributed by atoms with Gasteiger partial charge >= 0.3 is 5.95 Å². The molecule has 0 radical (unpaired) electrons. The number of thiophene rings is 1. The van der Waals surface area contributed by atoms with Gasteiger partial charge in [-0.05, 0) is 11.0 Å². The van der Waals surface area contributed by atoms with E-state index in [4.69, 9.17) is 14.9 Å². The number of H-pyrrole nitrogens is 1. The molecular formula is C20H20N10O5S. The number of hydrogen-bond donors (Lipinski definition) is 3. The van der Waals surface area contributed by atoms with Gasteiger partial charge in [-0.1, -0.05) is 4.98 Å². The summed E-state index contributed by atoms with van der Waals surface area (Å²) in [7, 11) is 1.81. The number of hydroxylamine groups is 1. The molecule has 5 heterocycles. The van der Waals surface area contributed by atoms with Crippen molar-refractivity contribution < 1.29 is 19.7 Å². The molecule has 0 spiro atoms. The Morgan fingerprint density at radius 1 is 1.31 bits per heavy atom.